The minimum absolute atomic E-state index is 0.495. The number of nitrogens with zero attached hydrogens (tertiary/aromatic N) is 1. The molecule has 0 aromatic carbocycles. The lowest BCUT2D eigenvalue weighted by Crippen LogP contribution is -2.47. The van der Waals surface area contributed by atoms with E-state index in [2.05, 4.69) is 10.4 Å². The van der Waals surface area contributed by atoms with Crippen molar-refractivity contribution in [2.24, 2.45) is 5.84 Å². The van der Waals surface area contributed by atoms with Gasteiger partial charge in [0, 0.05) is 18.6 Å². The molecule has 0 aliphatic rings. The summed E-state index contributed by atoms with van der Waals surface area (Å²) in [6.45, 7) is 5.20. The third-order valence-electron chi connectivity index (χ3n) is 3.05. The maximum Gasteiger partial charge on any atom is 0.154 e. The van der Waals surface area contributed by atoms with Gasteiger partial charge in [-0.05, 0) is 31.9 Å². The van der Waals surface area contributed by atoms with Crippen LogP contribution < -0.4 is 11.3 Å². The van der Waals surface area contributed by atoms with Gasteiger partial charge in [0.25, 0.3) is 0 Å². The van der Waals surface area contributed by atoms with Crippen LogP contribution in [0.15, 0.2) is 18.5 Å². The van der Waals surface area contributed by atoms with Crippen molar-refractivity contribution >= 4 is 9.84 Å². The highest BCUT2D eigenvalue weighted by atomic mass is 32.2. The highest BCUT2D eigenvalue weighted by Crippen LogP contribution is 2.31. The second kappa shape index (κ2) is 4.72. The Morgan fingerprint density at radius 2 is 2.00 bits per heavy atom. The third kappa shape index (κ3) is 2.83. The molecule has 0 fully saturated rings. The average Bonchev–Trinajstić information content (AvgIpc) is 2.16. The molecule has 1 unspecified atom stereocenters. The fourth-order valence-electron chi connectivity index (χ4n) is 1.65. The Morgan fingerprint density at radius 3 is 2.41 bits per heavy atom. The fraction of sp³-hybridized carbons (Fsp3) is 0.545. The molecule has 17 heavy (non-hydrogen) atoms. The molecule has 0 saturated heterocycles. The van der Waals surface area contributed by atoms with Crippen molar-refractivity contribution in [3.8, 4) is 0 Å². The van der Waals surface area contributed by atoms with Crippen LogP contribution >= 0.6 is 0 Å². The van der Waals surface area contributed by atoms with Gasteiger partial charge in [-0.25, -0.2) is 8.42 Å². The van der Waals surface area contributed by atoms with E-state index in [0.717, 1.165) is 11.1 Å². The molecule has 1 atom stereocenters. The first-order valence-corrected chi connectivity index (χ1v) is 7.16. The molecule has 1 heterocycles. The summed E-state index contributed by atoms with van der Waals surface area (Å²) in [6, 6.07) is 1.38. The lowest BCUT2D eigenvalue weighted by Gasteiger charge is -2.32. The number of sulfone groups is 1. The second-order valence-electron chi connectivity index (χ2n) is 4.77. The van der Waals surface area contributed by atoms with Crippen molar-refractivity contribution in [3.05, 3.63) is 29.6 Å². The quantitative estimate of drug-likeness (QED) is 0.613. The molecule has 1 aromatic heterocycles. The van der Waals surface area contributed by atoms with Gasteiger partial charge in [-0.1, -0.05) is 6.07 Å². The summed E-state index contributed by atoms with van der Waals surface area (Å²) < 4.78 is 22.6. The van der Waals surface area contributed by atoms with E-state index in [0.29, 0.717) is 0 Å². The van der Waals surface area contributed by atoms with Crippen LogP contribution in [0.1, 0.15) is 31.0 Å². The number of nitrogens with one attached hydrogen (secondary N) is 1. The summed E-state index contributed by atoms with van der Waals surface area (Å²) in [6.07, 6.45) is 4.55. The predicted octanol–water partition coefficient (Wildman–Crippen LogP) is 0.718. The molecule has 6 heteroatoms. The number of aryl methyl sites for hydroxylation is 1. The summed E-state index contributed by atoms with van der Waals surface area (Å²) >= 11 is 0. The minimum Gasteiger partial charge on any atom is -0.271 e. The van der Waals surface area contributed by atoms with Gasteiger partial charge < -0.3 is 0 Å². The van der Waals surface area contributed by atoms with E-state index >= 15 is 0 Å². The topological polar surface area (TPSA) is 85.1 Å². The molecule has 0 radical (unpaired) electrons. The maximum absolute atomic E-state index is 11.8. The number of aromatic nitrogens is 1. The Morgan fingerprint density at radius 1 is 1.41 bits per heavy atom. The molecule has 5 nitrogen and oxygen atoms in total. The molecular weight excluding hydrogens is 238 g/mol. The van der Waals surface area contributed by atoms with E-state index in [9.17, 15) is 8.42 Å². The number of nitrogens with two attached hydrogens (primary N) is 1. The molecule has 0 aliphatic carbocycles. The molecule has 96 valence electrons. The summed E-state index contributed by atoms with van der Waals surface area (Å²) in [7, 11) is -3.24. The molecular formula is C11H19N3O2S. The number of hydrazine groups is 1. The first-order valence-electron chi connectivity index (χ1n) is 5.27. The first-order chi connectivity index (χ1) is 7.70. The van der Waals surface area contributed by atoms with Gasteiger partial charge in [-0.15, -0.1) is 0 Å². The third-order valence-corrected chi connectivity index (χ3v) is 5.19. The first kappa shape index (κ1) is 14.1. The van der Waals surface area contributed by atoms with Crippen LogP contribution in [-0.4, -0.2) is 24.4 Å². The standard InChI is InChI=1S/C11H19N3O2S/c1-8-5-9(7-13-6-8)10(14-12)11(2,3)17(4,15)16/h5-7,10,14H,12H2,1-4H3. The number of rotatable bonds is 4. The van der Waals surface area contributed by atoms with Gasteiger partial charge >= 0.3 is 0 Å². The van der Waals surface area contributed by atoms with Crippen LogP contribution in [0.2, 0.25) is 0 Å². The summed E-state index contributed by atoms with van der Waals surface area (Å²) in [5.41, 5.74) is 4.30. The molecule has 1 aromatic rings. The van der Waals surface area contributed by atoms with Crippen molar-refractivity contribution < 1.29 is 8.42 Å². The van der Waals surface area contributed by atoms with Crippen molar-refractivity contribution in [2.45, 2.75) is 31.6 Å². The SMILES string of the molecule is Cc1cncc(C(NN)C(C)(C)S(C)(=O)=O)c1. The van der Waals surface area contributed by atoms with Crippen LogP contribution in [0.4, 0.5) is 0 Å². The zero-order valence-electron chi connectivity index (χ0n) is 10.6. The highest BCUT2D eigenvalue weighted by Gasteiger charge is 2.39. The largest absolute Gasteiger partial charge is 0.271 e. The van der Waals surface area contributed by atoms with E-state index in [-0.39, 0.29) is 0 Å². The normalized spacial score (nSPS) is 14.6. The Bertz CT molecular complexity index is 497. The number of hydrogen-bond donors (Lipinski definition) is 2. The lowest BCUT2D eigenvalue weighted by atomic mass is 9.96. The summed E-state index contributed by atoms with van der Waals surface area (Å²) in [4.78, 5) is 4.06. The zero-order chi connectivity index (χ0) is 13.3. The van der Waals surface area contributed by atoms with Crippen LogP contribution in [0.5, 0.6) is 0 Å². The van der Waals surface area contributed by atoms with Gasteiger partial charge in [0.05, 0.1) is 10.8 Å². The van der Waals surface area contributed by atoms with E-state index < -0.39 is 20.6 Å². The molecule has 0 spiro atoms. The van der Waals surface area contributed by atoms with Gasteiger partial charge in [-0.3, -0.25) is 16.3 Å². The lowest BCUT2D eigenvalue weighted by molar-refractivity contribution is 0.426. The molecule has 3 N–H and O–H groups in total. The van der Waals surface area contributed by atoms with Crippen molar-refractivity contribution in [1.82, 2.24) is 10.4 Å². The average molecular weight is 257 g/mol. The summed E-state index contributed by atoms with van der Waals surface area (Å²) in [5, 5.41) is 0. The van der Waals surface area contributed by atoms with Crippen LogP contribution in [-0.2, 0) is 9.84 Å². The number of hydrogen-bond acceptors (Lipinski definition) is 5. The van der Waals surface area contributed by atoms with E-state index in [1.165, 1.54) is 6.26 Å². The second-order valence-corrected chi connectivity index (χ2v) is 7.37. The Balaban J connectivity index is 3.26. The van der Waals surface area contributed by atoms with Crippen molar-refractivity contribution in [2.75, 3.05) is 6.26 Å². The van der Waals surface area contributed by atoms with Crippen molar-refractivity contribution in [1.29, 1.82) is 0 Å². The smallest absolute Gasteiger partial charge is 0.154 e. The Labute approximate surface area is 102 Å². The Kier molecular flexibility index (Phi) is 3.91. The van der Waals surface area contributed by atoms with Gasteiger partial charge in [0.15, 0.2) is 9.84 Å². The monoisotopic (exact) mass is 257 g/mol. The highest BCUT2D eigenvalue weighted by molar-refractivity contribution is 7.92. The Hall–Kier alpha value is -0.980. The predicted molar refractivity (Wildman–Crippen MR) is 68.0 cm³/mol. The zero-order valence-corrected chi connectivity index (χ0v) is 11.4. The van der Waals surface area contributed by atoms with E-state index in [1.807, 2.05) is 13.0 Å². The molecule has 0 saturated carbocycles. The minimum atomic E-state index is -3.24. The van der Waals surface area contributed by atoms with E-state index in [1.54, 1.807) is 26.2 Å². The van der Waals surface area contributed by atoms with Gasteiger partial charge in [-0.2, -0.15) is 0 Å². The molecule has 0 amide bonds. The van der Waals surface area contributed by atoms with Crippen molar-refractivity contribution in [3.63, 3.8) is 0 Å². The molecule has 1 rings (SSSR count). The van der Waals surface area contributed by atoms with Crippen LogP contribution in [0.3, 0.4) is 0 Å². The summed E-state index contributed by atoms with van der Waals surface area (Å²) in [5.74, 6) is 5.50. The molecule has 0 aliphatic heterocycles. The van der Waals surface area contributed by atoms with Crippen LogP contribution in [0.25, 0.3) is 0 Å². The maximum atomic E-state index is 11.8. The van der Waals surface area contributed by atoms with Crippen LogP contribution in [0, 0.1) is 6.92 Å². The number of pyridine rings is 1. The van der Waals surface area contributed by atoms with E-state index in [4.69, 9.17) is 5.84 Å². The van der Waals surface area contributed by atoms with Gasteiger partial charge in [0.1, 0.15) is 0 Å². The molecule has 0 bridgehead atoms. The fourth-order valence-corrected chi connectivity index (χ4v) is 2.28. The van der Waals surface area contributed by atoms with Gasteiger partial charge in [0.2, 0.25) is 0 Å².